The minimum Gasteiger partial charge on any atom is -0.459 e. The molecule has 2 heterocycles. The van der Waals surface area contributed by atoms with E-state index in [0.29, 0.717) is 5.69 Å². The van der Waals surface area contributed by atoms with Crippen LogP contribution >= 0.6 is 0 Å². The van der Waals surface area contributed by atoms with Crippen molar-refractivity contribution >= 4 is 27.3 Å². The van der Waals surface area contributed by atoms with Gasteiger partial charge < -0.3 is 19.5 Å². The molecular weight excluding hydrogens is 444 g/mol. The summed E-state index contributed by atoms with van der Waals surface area (Å²) in [5.41, 5.74) is 1.64. The Kier molecular flexibility index (Phi) is 6.41. The summed E-state index contributed by atoms with van der Waals surface area (Å²) in [6.45, 7) is 0.191. The van der Waals surface area contributed by atoms with E-state index in [-0.39, 0.29) is 40.2 Å². The number of amides is 2. The highest BCUT2D eigenvalue weighted by Crippen LogP contribution is 2.20. The van der Waals surface area contributed by atoms with Crippen molar-refractivity contribution in [2.75, 3.05) is 5.32 Å². The van der Waals surface area contributed by atoms with Crippen molar-refractivity contribution in [3.05, 3.63) is 108 Å². The fourth-order valence-corrected chi connectivity index (χ4v) is 4.51. The third-order valence-corrected chi connectivity index (χ3v) is 6.49. The predicted molar refractivity (Wildman–Crippen MR) is 120 cm³/mol. The van der Waals surface area contributed by atoms with Gasteiger partial charge in [-0.3, -0.25) is 9.59 Å². The average molecular weight is 464 g/mol. The fourth-order valence-electron chi connectivity index (χ4n) is 3.13. The summed E-state index contributed by atoms with van der Waals surface area (Å²) in [4.78, 5) is 24.8. The Bertz CT molecular complexity index is 1340. The van der Waals surface area contributed by atoms with E-state index in [9.17, 15) is 18.0 Å². The molecule has 4 aromatic rings. The van der Waals surface area contributed by atoms with E-state index in [2.05, 4.69) is 10.6 Å². The van der Waals surface area contributed by atoms with E-state index in [1.807, 2.05) is 0 Å². The van der Waals surface area contributed by atoms with Gasteiger partial charge in [0.15, 0.2) is 21.4 Å². The quantitative estimate of drug-likeness (QED) is 0.406. The van der Waals surface area contributed by atoms with Crippen molar-refractivity contribution in [1.82, 2.24) is 5.32 Å². The number of hydrogen-bond donors (Lipinski definition) is 2. The highest BCUT2D eigenvalue weighted by atomic mass is 32.2. The molecule has 2 aromatic carbocycles. The van der Waals surface area contributed by atoms with Gasteiger partial charge in [0.05, 0.1) is 23.2 Å². The molecule has 9 heteroatoms. The number of carbonyl (C=O) groups excluding carboxylic acids is 2. The van der Waals surface area contributed by atoms with E-state index in [4.69, 9.17) is 8.83 Å². The van der Waals surface area contributed by atoms with Gasteiger partial charge >= 0.3 is 0 Å². The number of benzene rings is 2. The standard InChI is InChI=1S/C24H20N2O6S/c27-23(21-7-4-13-31-21)26-19-10-8-17(9-11-19)15-25-24(28)22-18(12-14-32-22)16-33(29,30)20-5-2-1-3-6-20/h1-14H,15-16H2,(H,25,28)(H,26,27). The number of carbonyl (C=O) groups is 2. The first-order valence-electron chi connectivity index (χ1n) is 9.98. The van der Waals surface area contributed by atoms with E-state index in [0.717, 1.165) is 5.56 Å². The molecule has 4 rings (SSSR count). The summed E-state index contributed by atoms with van der Waals surface area (Å²) in [6.07, 6.45) is 2.71. The lowest BCUT2D eigenvalue weighted by Crippen LogP contribution is -2.23. The molecule has 0 aliphatic rings. The fraction of sp³-hybridized carbons (Fsp3) is 0.0833. The molecule has 0 unspecified atom stereocenters. The molecule has 8 nitrogen and oxygen atoms in total. The number of hydrogen-bond acceptors (Lipinski definition) is 6. The average Bonchev–Trinajstić information content (AvgIpc) is 3.51. The maximum Gasteiger partial charge on any atom is 0.291 e. The van der Waals surface area contributed by atoms with E-state index >= 15 is 0 Å². The molecule has 0 saturated carbocycles. The zero-order valence-electron chi connectivity index (χ0n) is 17.4. The van der Waals surface area contributed by atoms with Gasteiger partial charge in [-0.25, -0.2) is 8.42 Å². The second-order valence-corrected chi connectivity index (χ2v) is 9.15. The molecule has 168 valence electrons. The smallest absolute Gasteiger partial charge is 0.291 e. The highest BCUT2D eigenvalue weighted by Gasteiger charge is 2.22. The summed E-state index contributed by atoms with van der Waals surface area (Å²) >= 11 is 0. The van der Waals surface area contributed by atoms with Crippen molar-refractivity contribution in [1.29, 1.82) is 0 Å². The van der Waals surface area contributed by atoms with E-state index in [1.165, 1.54) is 30.7 Å². The topological polar surface area (TPSA) is 119 Å². The Balaban J connectivity index is 1.36. The Morgan fingerprint density at radius 3 is 2.24 bits per heavy atom. The van der Waals surface area contributed by atoms with Crippen LogP contribution in [0.5, 0.6) is 0 Å². The van der Waals surface area contributed by atoms with Gasteiger partial charge in [-0.1, -0.05) is 30.3 Å². The monoisotopic (exact) mass is 464 g/mol. The maximum absolute atomic E-state index is 12.6. The molecule has 0 aliphatic carbocycles. The van der Waals surface area contributed by atoms with Crippen LogP contribution < -0.4 is 10.6 Å². The summed E-state index contributed by atoms with van der Waals surface area (Å²) in [6, 6.07) is 19.6. The molecule has 2 aromatic heterocycles. The van der Waals surface area contributed by atoms with E-state index < -0.39 is 15.7 Å². The summed E-state index contributed by atoms with van der Waals surface area (Å²) < 4.78 is 35.6. The zero-order chi connectivity index (χ0) is 23.3. The van der Waals surface area contributed by atoms with Crippen LogP contribution in [0.2, 0.25) is 0 Å². The van der Waals surface area contributed by atoms with Crippen LogP contribution in [0.1, 0.15) is 32.2 Å². The first-order valence-corrected chi connectivity index (χ1v) is 11.6. The Hall–Kier alpha value is -4.11. The Labute approximate surface area is 190 Å². The van der Waals surface area contributed by atoms with Crippen LogP contribution in [-0.4, -0.2) is 20.2 Å². The molecule has 33 heavy (non-hydrogen) atoms. The Morgan fingerprint density at radius 2 is 1.55 bits per heavy atom. The van der Waals surface area contributed by atoms with Gasteiger partial charge in [-0.05, 0) is 48.0 Å². The predicted octanol–water partition coefficient (Wildman–Crippen LogP) is 4.03. The van der Waals surface area contributed by atoms with Crippen molar-refractivity contribution in [2.24, 2.45) is 0 Å². The Morgan fingerprint density at radius 1 is 0.788 bits per heavy atom. The molecule has 0 atom stereocenters. The minimum atomic E-state index is -3.62. The summed E-state index contributed by atoms with van der Waals surface area (Å²) in [5.74, 6) is -1.07. The number of nitrogens with one attached hydrogen (secondary N) is 2. The van der Waals surface area contributed by atoms with Gasteiger partial charge in [0, 0.05) is 17.8 Å². The molecule has 0 fully saturated rings. The number of rotatable bonds is 8. The lowest BCUT2D eigenvalue weighted by atomic mass is 10.2. The van der Waals surface area contributed by atoms with Crippen molar-refractivity contribution in [3.8, 4) is 0 Å². The minimum absolute atomic E-state index is 0.0446. The molecule has 0 aliphatic heterocycles. The zero-order valence-corrected chi connectivity index (χ0v) is 18.2. The molecule has 0 bridgehead atoms. The van der Waals surface area contributed by atoms with Crippen molar-refractivity contribution in [3.63, 3.8) is 0 Å². The lowest BCUT2D eigenvalue weighted by Gasteiger charge is -2.08. The first-order chi connectivity index (χ1) is 15.9. The van der Waals surface area contributed by atoms with Gasteiger partial charge in [0.2, 0.25) is 0 Å². The van der Waals surface area contributed by atoms with Gasteiger partial charge in [-0.2, -0.15) is 0 Å². The van der Waals surface area contributed by atoms with Crippen LogP contribution in [0.3, 0.4) is 0 Å². The van der Waals surface area contributed by atoms with Crippen molar-refractivity contribution < 1.29 is 26.8 Å². The third-order valence-electron chi connectivity index (χ3n) is 4.81. The largest absolute Gasteiger partial charge is 0.459 e. The van der Waals surface area contributed by atoms with Gasteiger partial charge in [0.1, 0.15) is 0 Å². The molecule has 0 radical (unpaired) electrons. The molecule has 2 N–H and O–H groups in total. The van der Waals surface area contributed by atoms with E-state index in [1.54, 1.807) is 54.6 Å². The van der Waals surface area contributed by atoms with Crippen LogP contribution in [0.4, 0.5) is 5.69 Å². The number of anilines is 1. The van der Waals surface area contributed by atoms with Crippen LogP contribution in [0.25, 0.3) is 0 Å². The lowest BCUT2D eigenvalue weighted by molar-refractivity contribution is 0.0921. The van der Waals surface area contributed by atoms with Gasteiger partial charge in [0.25, 0.3) is 11.8 Å². The van der Waals surface area contributed by atoms with Crippen LogP contribution in [0, 0.1) is 0 Å². The number of sulfone groups is 1. The second kappa shape index (κ2) is 9.58. The maximum atomic E-state index is 12.6. The molecule has 0 spiro atoms. The van der Waals surface area contributed by atoms with Crippen LogP contribution in [-0.2, 0) is 22.1 Å². The van der Waals surface area contributed by atoms with Crippen molar-refractivity contribution in [2.45, 2.75) is 17.2 Å². The molecule has 0 saturated heterocycles. The number of furan rings is 2. The molecular formula is C24H20N2O6S. The third kappa shape index (κ3) is 5.39. The van der Waals surface area contributed by atoms with Gasteiger partial charge in [-0.15, -0.1) is 0 Å². The summed E-state index contributed by atoms with van der Waals surface area (Å²) in [7, 11) is -3.62. The first kappa shape index (κ1) is 22.1. The van der Waals surface area contributed by atoms with Crippen LogP contribution in [0.15, 0.2) is 99.1 Å². The molecule has 2 amide bonds. The normalized spacial score (nSPS) is 11.2. The second-order valence-electron chi connectivity index (χ2n) is 7.16. The SMILES string of the molecule is O=C(Nc1ccc(CNC(=O)c2occc2CS(=O)(=O)c2ccccc2)cc1)c1ccco1. The highest BCUT2D eigenvalue weighted by molar-refractivity contribution is 7.90. The summed E-state index contributed by atoms with van der Waals surface area (Å²) in [5, 5.41) is 5.43.